The molecule has 2 rings (SSSR count). The van der Waals surface area contributed by atoms with Crippen molar-refractivity contribution in [3.8, 4) is 6.07 Å². The minimum absolute atomic E-state index is 0.100. The third-order valence-electron chi connectivity index (χ3n) is 3.41. The van der Waals surface area contributed by atoms with Gasteiger partial charge in [-0.15, -0.1) is 0 Å². The molecule has 0 bridgehead atoms. The van der Waals surface area contributed by atoms with Crippen molar-refractivity contribution in [2.45, 2.75) is 6.61 Å². The summed E-state index contributed by atoms with van der Waals surface area (Å²) in [6, 6.07) is 7.37. The fraction of sp³-hybridized carbons (Fsp3) is 0.462. The molecule has 0 spiro atoms. The number of benzene rings is 1. The van der Waals surface area contributed by atoms with Crippen molar-refractivity contribution in [2.24, 2.45) is 0 Å². The zero-order valence-corrected chi connectivity index (χ0v) is 12.1. The molecule has 0 radical (unpaired) electrons. The quantitative estimate of drug-likeness (QED) is 0.857. The average molecular weight is 295 g/mol. The van der Waals surface area contributed by atoms with Crippen LogP contribution in [0.15, 0.2) is 18.2 Å². The van der Waals surface area contributed by atoms with Crippen molar-refractivity contribution in [3.63, 3.8) is 0 Å². The smallest absolute Gasteiger partial charge is 0.211 e. The van der Waals surface area contributed by atoms with Crippen molar-refractivity contribution in [2.75, 3.05) is 37.3 Å². The predicted octanol–water partition coefficient (Wildman–Crippen LogP) is 0.132. The van der Waals surface area contributed by atoms with Crippen LogP contribution in [0, 0.1) is 11.3 Å². The Kier molecular flexibility index (Phi) is 4.28. The number of nitrogens with zero attached hydrogens (tertiary/aromatic N) is 3. The molecule has 0 saturated carbocycles. The molecule has 1 N–H and O–H groups in total. The number of sulfonamides is 1. The largest absolute Gasteiger partial charge is 0.392 e. The first kappa shape index (κ1) is 14.8. The van der Waals surface area contributed by atoms with Gasteiger partial charge in [0.15, 0.2) is 0 Å². The number of aliphatic hydroxyl groups is 1. The Balaban J connectivity index is 2.17. The van der Waals surface area contributed by atoms with Crippen LogP contribution in [0.3, 0.4) is 0 Å². The molecule has 0 atom stereocenters. The fourth-order valence-electron chi connectivity index (χ4n) is 2.31. The van der Waals surface area contributed by atoms with E-state index in [0.717, 1.165) is 5.69 Å². The molecule has 0 aromatic heterocycles. The van der Waals surface area contributed by atoms with Crippen molar-refractivity contribution >= 4 is 15.7 Å². The second-order valence-electron chi connectivity index (χ2n) is 4.77. The normalized spacial score (nSPS) is 16.9. The van der Waals surface area contributed by atoms with Crippen molar-refractivity contribution < 1.29 is 13.5 Å². The highest BCUT2D eigenvalue weighted by atomic mass is 32.2. The number of hydrogen-bond donors (Lipinski definition) is 1. The van der Waals surface area contributed by atoms with Crippen LogP contribution in [-0.4, -0.2) is 50.3 Å². The molecule has 1 aliphatic rings. The van der Waals surface area contributed by atoms with Crippen molar-refractivity contribution in [1.82, 2.24) is 4.31 Å². The summed E-state index contributed by atoms with van der Waals surface area (Å²) in [6.07, 6.45) is 1.21. The van der Waals surface area contributed by atoms with Gasteiger partial charge in [-0.3, -0.25) is 0 Å². The molecule has 1 aromatic carbocycles. The SMILES string of the molecule is CS(=O)(=O)N1CCN(c2ccc(CO)cc2C#N)CC1. The Bertz CT molecular complexity index is 629. The highest BCUT2D eigenvalue weighted by molar-refractivity contribution is 7.88. The summed E-state index contributed by atoms with van der Waals surface area (Å²) in [7, 11) is -3.15. The highest BCUT2D eigenvalue weighted by Crippen LogP contribution is 2.23. The van der Waals surface area contributed by atoms with Gasteiger partial charge >= 0.3 is 0 Å². The second kappa shape index (κ2) is 5.79. The first-order valence-corrected chi connectivity index (χ1v) is 8.14. The molecular weight excluding hydrogens is 278 g/mol. The molecule has 108 valence electrons. The fourth-order valence-corrected chi connectivity index (χ4v) is 3.13. The number of piperazine rings is 1. The zero-order chi connectivity index (χ0) is 14.8. The summed E-state index contributed by atoms with van der Waals surface area (Å²) >= 11 is 0. The molecule has 1 fully saturated rings. The van der Waals surface area contributed by atoms with Gasteiger partial charge in [-0.2, -0.15) is 9.57 Å². The van der Waals surface area contributed by atoms with E-state index in [4.69, 9.17) is 5.11 Å². The van der Waals surface area contributed by atoms with Crippen LogP contribution in [0.4, 0.5) is 5.69 Å². The number of rotatable bonds is 3. The maximum Gasteiger partial charge on any atom is 0.211 e. The lowest BCUT2D eigenvalue weighted by molar-refractivity contribution is 0.282. The third-order valence-corrected chi connectivity index (χ3v) is 4.72. The monoisotopic (exact) mass is 295 g/mol. The van der Waals surface area contributed by atoms with Crippen molar-refractivity contribution in [1.29, 1.82) is 5.26 Å². The molecule has 20 heavy (non-hydrogen) atoms. The summed E-state index contributed by atoms with van der Waals surface area (Å²) in [5.74, 6) is 0. The molecule has 0 amide bonds. The molecule has 1 heterocycles. The van der Waals surface area contributed by atoms with Crippen LogP contribution >= 0.6 is 0 Å². The molecule has 6 nitrogen and oxygen atoms in total. The van der Waals surface area contributed by atoms with Crippen LogP contribution in [0.5, 0.6) is 0 Å². The van der Waals surface area contributed by atoms with Crippen LogP contribution < -0.4 is 4.90 Å². The van der Waals surface area contributed by atoms with E-state index in [1.54, 1.807) is 18.2 Å². The van der Waals surface area contributed by atoms with Crippen LogP contribution in [0.25, 0.3) is 0 Å². The Hall–Kier alpha value is -1.62. The molecule has 1 aliphatic heterocycles. The lowest BCUT2D eigenvalue weighted by Gasteiger charge is -2.35. The van der Waals surface area contributed by atoms with Crippen molar-refractivity contribution in [3.05, 3.63) is 29.3 Å². The van der Waals surface area contributed by atoms with E-state index in [1.807, 2.05) is 4.90 Å². The van der Waals surface area contributed by atoms with E-state index >= 15 is 0 Å². The minimum Gasteiger partial charge on any atom is -0.392 e. The molecular formula is C13H17N3O3S. The first-order chi connectivity index (χ1) is 9.45. The highest BCUT2D eigenvalue weighted by Gasteiger charge is 2.24. The zero-order valence-electron chi connectivity index (χ0n) is 11.3. The van der Waals surface area contributed by atoms with E-state index in [0.29, 0.717) is 37.3 Å². The van der Waals surface area contributed by atoms with Gasteiger partial charge in [-0.25, -0.2) is 8.42 Å². The Labute approximate surface area is 118 Å². The number of hydrogen-bond acceptors (Lipinski definition) is 5. The summed E-state index contributed by atoms with van der Waals surface area (Å²) < 4.78 is 24.4. The summed E-state index contributed by atoms with van der Waals surface area (Å²) in [5.41, 5.74) is 1.99. The van der Waals surface area contributed by atoms with Gasteiger partial charge in [0.25, 0.3) is 0 Å². The standard InChI is InChI=1S/C13H17N3O3S/c1-20(18,19)16-6-4-15(5-7-16)13-3-2-11(10-17)8-12(13)9-14/h2-3,8,17H,4-7,10H2,1H3. The third kappa shape index (κ3) is 3.10. The summed E-state index contributed by atoms with van der Waals surface area (Å²) in [4.78, 5) is 2.00. The van der Waals surface area contributed by atoms with Gasteiger partial charge in [0, 0.05) is 26.2 Å². The van der Waals surface area contributed by atoms with Gasteiger partial charge in [-0.1, -0.05) is 6.07 Å². The number of aliphatic hydroxyl groups excluding tert-OH is 1. The van der Waals surface area contributed by atoms with Gasteiger partial charge in [0.1, 0.15) is 6.07 Å². The maximum absolute atomic E-state index is 11.5. The van der Waals surface area contributed by atoms with E-state index in [-0.39, 0.29) is 6.61 Å². The molecule has 0 unspecified atom stereocenters. The van der Waals surface area contributed by atoms with Gasteiger partial charge in [-0.05, 0) is 17.7 Å². The van der Waals surface area contributed by atoms with E-state index in [2.05, 4.69) is 6.07 Å². The summed E-state index contributed by atoms with van der Waals surface area (Å²) in [5, 5.41) is 18.3. The minimum atomic E-state index is -3.15. The Morgan fingerprint density at radius 2 is 1.95 bits per heavy atom. The Morgan fingerprint density at radius 3 is 2.45 bits per heavy atom. The topological polar surface area (TPSA) is 84.6 Å². The van der Waals surface area contributed by atoms with Gasteiger partial charge < -0.3 is 10.0 Å². The number of anilines is 1. The predicted molar refractivity (Wildman–Crippen MR) is 75.7 cm³/mol. The Morgan fingerprint density at radius 1 is 1.30 bits per heavy atom. The van der Waals surface area contributed by atoms with Crippen LogP contribution in [0.2, 0.25) is 0 Å². The molecule has 0 aliphatic carbocycles. The van der Waals surface area contributed by atoms with E-state index < -0.39 is 10.0 Å². The van der Waals surface area contributed by atoms with Crippen LogP contribution in [-0.2, 0) is 16.6 Å². The lowest BCUT2D eigenvalue weighted by atomic mass is 10.1. The average Bonchev–Trinajstić information content (AvgIpc) is 2.45. The van der Waals surface area contributed by atoms with E-state index in [9.17, 15) is 13.7 Å². The summed E-state index contributed by atoms with van der Waals surface area (Å²) in [6.45, 7) is 1.86. The lowest BCUT2D eigenvalue weighted by Crippen LogP contribution is -2.48. The van der Waals surface area contributed by atoms with Gasteiger partial charge in [0.2, 0.25) is 10.0 Å². The molecule has 1 saturated heterocycles. The number of nitriles is 1. The molecule has 1 aromatic rings. The second-order valence-corrected chi connectivity index (χ2v) is 6.75. The molecule has 7 heteroatoms. The van der Waals surface area contributed by atoms with E-state index in [1.165, 1.54) is 10.6 Å². The maximum atomic E-state index is 11.5. The van der Waals surface area contributed by atoms with Gasteiger partial charge in [0.05, 0.1) is 24.1 Å². The first-order valence-electron chi connectivity index (χ1n) is 6.29. The van der Waals surface area contributed by atoms with Crippen LogP contribution in [0.1, 0.15) is 11.1 Å².